The van der Waals surface area contributed by atoms with Crippen LogP contribution in [0.2, 0.25) is 0 Å². The molecule has 0 radical (unpaired) electrons. The average Bonchev–Trinajstić information content (AvgIpc) is 1.49. The van der Waals surface area contributed by atoms with Crippen LogP contribution < -0.4 is 9.80 Å². The van der Waals surface area contributed by atoms with Gasteiger partial charge in [-0.2, -0.15) is 0 Å². The van der Waals surface area contributed by atoms with E-state index in [0.29, 0.717) is 0 Å². The molecule has 0 unspecified atom stereocenters. The SMILES string of the molecule is CCCCCCCC1(CCCCCCC)c2ccccc2-c2c1c1c(c3c2oc2ccccc23)-c2ccc(N(c3ccc(N(c4ccccc4)c4ccccc4)cc3)c3ccc4c(c3)C3(c5ccccc5-c5ccccc53)c3cc5c(cc3-4)C3(c4ccccc4-c4ccccc43)c3ccc4oc6ccccc6c4c3-5)cc2C1(CCCCCCC)CCCCCCC. The Hall–Kier alpha value is -12.5. The van der Waals surface area contributed by atoms with Gasteiger partial charge in [-0.1, -0.05) is 368 Å². The Labute approximate surface area is 744 Å². The predicted molar refractivity (Wildman–Crippen MR) is 529 cm³/mol. The van der Waals surface area contributed by atoms with Crippen LogP contribution in [0.3, 0.4) is 0 Å². The summed E-state index contributed by atoms with van der Waals surface area (Å²) in [6, 6.07) is 123. The summed E-state index contributed by atoms with van der Waals surface area (Å²) >= 11 is 0. The van der Waals surface area contributed by atoms with Gasteiger partial charge in [0.05, 0.1) is 10.8 Å². The second kappa shape index (κ2) is 31.9. The molecule has 0 saturated heterocycles. The van der Waals surface area contributed by atoms with Crippen LogP contribution in [-0.4, -0.2) is 0 Å². The molecule has 2 spiro atoms. The Bertz CT molecular complexity index is 6910. The molecule has 6 aliphatic carbocycles. The van der Waals surface area contributed by atoms with Crippen molar-refractivity contribution < 1.29 is 8.83 Å². The first-order chi connectivity index (χ1) is 62.4. The largest absolute Gasteiger partial charge is 0.456 e. The number of hydrogen-bond donors (Lipinski definition) is 0. The van der Waals surface area contributed by atoms with Crippen molar-refractivity contribution in [2.24, 2.45) is 0 Å². The van der Waals surface area contributed by atoms with Crippen LogP contribution >= 0.6 is 0 Å². The average molecular weight is 1640 g/mol. The molecule has 0 fully saturated rings. The number of benzene rings is 15. The molecule has 0 N–H and O–H groups in total. The van der Waals surface area contributed by atoms with E-state index in [1.807, 2.05) is 0 Å². The minimum Gasteiger partial charge on any atom is -0.456 e. The van der Waals surface area contributed by atoms with Crippen molar-refractivity contribution in [1.82, 2.24) is 0 Å². The molecule has 15 aromatic carbocycles. The zero-order valence-electron chi connectivity index (χ0n) is 73.7. The third-order valence-corrected chi connectivity index (χ3v) is 30.8. The highest BCUT2D eigenvalue weighted by Gasteiger charge is 2.59. The van der Waals surface area contributed by atoms with Gasteiger partial charge in [0.1, 0.15) is 22.3 Å². The van der Waals surface area contributed by atoms with Gasteiger partial charge in [-0.25, -0.2) is 0 Å². The first-order valence-electron chi connectivity index (χ1n) is 48.1. The maximum absolute atomic E-state index is 7.73. The van der Waals surface area contributed by atoms with Gasteiger partial charge >= 0.3 is 0 Å². The van der Waals surface area contributed by atoms with Gasteiger partial charge < -0.3 is 18.6 Å². The van der Waals surface area contributed by atoms with Crippen LogP contribution in [0.4, 0.5) is 34.1 Å². The fourth-order valence-electron chi connectivity index (χ4n) is 25.5. The number of unbranched alkanes of at least 4 members (excludes halogenated alkanes) is 16. The van der Waals surface area contributed by atoms with Gasteiger partial charge in [-0.15, -0.1) is 0 Å². The summed E-state index contributed by atoms with van der Waals surface area (Å²) in [6.45, 7) is 9.52. The number of anilines is 6. The monoisotopic (exact) mass is 1640 g/mol. The molecule has 4 heteroatoms. The second-order valence-corrected chi connectivity index (χ2v) is 37.6. The Morgan fingerprint density at radius 3 is 1.08 bits per heavy atom. The molecular weight excluding hydrogens is 1530 g/mol. The Balaban J connectivity index is 0.799. The molecule has 0 amide bonds. The van der Waals surface area contributed by atoms with Crippen LogP contribution in [-0.2, 0) is 21.7 Å². The summed E-state index contributed by atoms with van der Waals surface area (Å²) in [5, 5.41) is 4.86. The van der Waals surface area contributed by atoms with Crippen molar-refractivity contribution in [2.45, 2.75) is 203 Å². The van der Waals surface area contributed by atoms with Gasteiger partial charge in [0, 0.05) is 72.1 Å². The number of fused-ring (bicyclic) bond motifs is 36. The van der Waals surface area contributed by atoms with Crippen LogP contribution in [0.1, 0.15) is 249 Å². The van der Waals surface area contributed by atoms with Crippen LogP contribution in [0.5, 0.6) is 0 Å². The van der Waals surface area contributed by atoms with E-state index in [0.717, 1.165) is 94.7 Å². The van der Waals surface area contributed by atoms with Gasteiger partial charge in [0.25, 0.3) is 0 Å². The highest BCUT2D eigenvalue weighted by molar-refractivity contribution is 6.22. The minimum atomic E-state index is -0.739. The lowest BCUT2D eigenvalue weighted by Gasteiger charge is -2.40. The van der Waals surface area contributed by atoms with Gasteiger partial charge in [-0.3, -0.25) is 0 Å². The Kier molecular flexibility index (Phi) is 19.8. The lowest BCUT2D eigenvalue weighted by Crippen LogP contribution is -2.33. The third-order valence-electron chi connectivity index (χ3n) is 30.8. The molecule has 6 aliphatic rings. The van der Waals surface area contributed by atoms with E-state index in [9.17, 15) is 0 Å². The molecule has 23 rings (SSSR count). The highest BCUT2D eigenvalue weighted by atomic mass is 16.3. The molecule has 2 heterocycles. The third kappa shape index (κ3) is 11.7. The van der Waals surface area contributed by atoms with Gasteiger partial charge in [0.15, 0.2) is 0 Å². The number of furan rings is 2. The molecule has 4 nitrogen and oxygen atoms in total. The van der Waals surface area contributed by atoms with Crippen LogP contribution in [0, 0.1) is 0 Å². The van der Waals surface area contributed by atoms with E-state index in [-0.39, 0.29) is 10.8 Å². The zero-order valence-corrected chi connectivity index (χ0v) is 73.7. The van der Waals surface area contributed by atoms with Gasteiger partial charge in [-0.05, 0) is 257 Å². The summed E-state index contributed by atoms with van der Waals surface area (Å²) in [4.78, 5) is 5.11. The van der Waals surface area contributed by atoms with Crippen molar-refractivity contribution in [3.8, 4) is 66.8 Å². The maximum Gasteiger partial charge on any atom is 0.144 e. The maximum atomic E-state index is 7.73. The Morgan fingerprint density at radius 1 is 0.214 bits per heavy atom. The summed E-state index contributed by atoms with van der Waals surface area (Å²) in [5.74, 6) is 0. The van der Waals surface area contributed by atoms with E-state index >= 15 is 0 Å². The molecule has 126 heavy (non-hydrogen) atoms. The first kappa shape index (κ1) is 78.2. The predicted octanol–water partition coefficient (Wildman–Crippen LogP) is 35.1. The number of para-hydroxylation sites is 4. The summed E-state index contributed by atoms with van der Waals surface area (Å²) in [5.41, 5.74) is 41.5. The number of rotatable bonds is 30. The van der Waals surface area contributed by atoms with Gasteiger partial charge in [0.2, 0.25) is 0 Å². The first-order valence-corrected chi connectivity index (χ1v) is 48.1. The van der Waals surface area contributed by atoms with Crippen LogP contribution in [0.25, 0.3) is 111 Å². The quantitative estimate of drug-likeness (QED) is 0.0420. The molecule has 17 aromatic rings. The van der Waals surface area contributed by atoms with E-state index in [1.165, 1.54) is 254 Å². The minimum absolute atomic E-state index is 0.213. The van der Waals surface area contributed by atoms with Crippen molar-refractivity contribution in [1.29, 1.82) is 0 Å². The van der Waals surface area contributed by atoms with Crippen molar-refractivity contribution in [3.05, 3.63) is 382 Å². The second-order valence-electron chi connectivity index (χ2n) is 37.6. The summed E-state index contributed by atoms with van der Waals surface area (Å²) in [6.07, 6.45) is 29.1. The molecule has 0 saturated carbocycles. The smallest absolute Gasteiger partial charge is 0.144 e. The fourth-order valence-corrected chi connectivity index (χ4v) is 25.5. The van der Waals surface area contributed by atoms with E-state index in [1.54, 1.807) is 16.7 Å². The molecule has 2 aromatic heterocycles. The molecule has 0 atom stereocenters. The molecule has 0 aliphatic heterocycles. The van der Waals surface area contributed by atoms with Crippen molar-refractivity contribution in [2.75, 3.05) is 9.80 Å². The van der Waals surface area contributed by atoms with Crippen molar-refractivity contribution in [3.63, 3.8) is 0 Å². The molecule has 622 valence electrons. The topological polar surface area (TPSA) is 32.8 Å². The molecule has 0 bridgehead atoms. The van der Waals surface area contributed by atoms with Crippen LogP contribution in [0.15, 0.2) is 324 Å². The summed E-state index contributed by atoms with van der Waals surface area (Å²) in [7, 11) is 0. The lowest BCUT2D eigenvalue weighted by molar-refractivity contribution is 0.369. The summed E-state index contributed by atoms with van der Waals surface area (Å²) < 4.78 is 14.7. The Morgan fingerprint density at radius 2 is 0.563 bits per heavy atom. The van der Waals surface area contributed by atoms with E-state index < -0.39 is 10.8 Å². The standard InChI is InChI=1S/C122H112N2O2/c1-5-9-13-17-41-73-119(74-42-18-14-10-6-2)98-56-34-31-53-92(98)115-117(119)116-113(114-95-55-33-40-62-109(95)126-118(114)115)93-70-68-85(77-104(93)120(116,75-43-19-15-11-7-3)76-44-20-16-12-8-4)124(84-65-63-83(64-66-84)123(81-45-23-21-24-46-81)82-47-25-22-26-48-82)86-67-69-91-96-79-107-97(80-106(96)122(105(91)78-86)101-59-37-29-51-89(101)90-52-30-38-60-102(90)122)111-103(71-72-110-112(111)94-54-32-39-61-108(94)125-110)121(107)99-57-35-27-49-87(99)88-50-28-36-58-100(88)121/h21-40,45-72,77-80H,5-20,41-44,73-76H2,1-4H3. The highest BCUT2D eigenvalue weighted by Crippen LogP contribution is 2.72. The number of nitrogens with zero attached hydrogens (tertiary/aromatic N) is 2. The van der Waals surface area contributed by atoms with E-state index in [4.69, 9.17) is 8.83 Å². The van der Waals surface area contributed by atoms with Crippen molar-refractivity contribution >= 4 is 78.0 Å². The number of hydrogen-bond acceptors (Lipinski definition) is 4. The van der Waals surface area contributed by atoms with E-state index in [2.05, 4.69) is 353 Å². The zero-order chi connectivity index (χ0) is 84.2. The fraction of sp³-hybridized carbons (Fsp3) is 0.262. The molecular formula is C122H112N2O2. The normalized spacial score (nSPS) is 14.6. The lowest BCUT2D eigenvalue weighted by atomic mass is 9.62.